The number of nitrogens with one attached hydrogen (secondary N) is 1. The molecule has 0 aliphatic heterocycles. The highest BCUT2D eigenvalue weighted by molar-refractivity contribution is 5.75. The summed E-state index contributed by atoms with van der Waals surface area (Å²) in [4.78, 5) is 24.3. The Morgan fingerprint density at radius 2 is 1.62 bits per heavy atom. The summed E-state index contributed by atoms with van der Waals surface area (Å²) < 4.78 is 7.40. The largest absolute Gasteiger partial charge is 0.461 e. The van der Waals surface area contributed by atoms with Crippen LogP contribution in [-0.2, 0) is 16.1 Å². The van der Waals surface area contributed by atoms with Crippen molar-refractivity contribution in [1.29, 1.82) is 0 Å². The lowest BCUT2D eigenvalue weighted by Crippen LogP contribution is -2.35. The van der Waals surface area contributed by atoms with Crippen LogP contribution in [0.1, 0.15) is 29.2 Å². The Bertz CT molecular complexity index is 1270. The maximum Gasteiger partial charge on any atom is 0.312 e. The maximum atomic E-state index is 12.8. The first-order chi connectivity index (χ1) is 16.5. The lowest BCUT2D eigenvalue weighted by Gasteiger charge is -2.19. The number of amides is 2. The molecule has 0 saturated carbocycles. The number of hydrogen-bond donors (Lipinski definition) is 2. The van der Waals surface area contributed by atoms with E-state index in [2.05, 4.69) is 5.32 Å². The summed E-state index contributed by atoms with van der Waals surface area (Å²) in [7, 11) is 0. The van der Waals surface area contributed by atoms with Gasteiger partial charge in [-0.25, -0.2) is 9.48 Å². The third-order valence-electron chi connectivity index (χ3n) is 5.50. The summed E-state index contributed by atoms with van der Waals surface area (Å²) >= 11 is 0. The summed E-state index contributed by atoms with van der Waals surface area (Å²) in [5, 5.41) is 7.39. The van der Waals surface area contributed by atoms with Crippen molar-refractivity contribution in [3.63, 3.8) is 0 Å². The van der Waals surface area contributed by atoms with Crippen LogP contribution < -0.4 is 11.1 Å². The molecule has 0 spiro atoms. The fraction of sp³-hybridized carbons (Fsp3) is 0.148. The molecular weight excluding hydrogens is 428 g/mol. The molecule has 0 aliphatic rings. The van der Waals surface area contributed by atoms with E-state index in [1.54, 1.807) is 4.68 Å². The number of benzene rings is 3. The van der Waals surface area contributed by atoms with Gasteiger partial charge in [-0.3, -0.25) is 4.79 Å². The van der Waals surface area contributed by atoms with Crippen LogP contribution in [0.2, 0.25) is 0 Å². The molecule has 1 unspecified atom stereocenters. The molecule has 0 radical (unpaired) electrons. The van der Waals surface area contributed by atoms with Gasteiger partial charge in [0.25, 0.3) is 0 Å². The number of aryl methyl sites for hydroxylation is 1. The van der Waals surface area contributed by atoms with Crippen molar-refractivity contribution in [2.45, 2.75) is 26.0 Å². The van der Waals surface area contributed by atoms with E-state index in [0.717, 1.165) is 33.6 Å². The van der Waals surface area contributed by atoms with E-state index in [-0.39, 0.29) is 13.0 Å². The van der Waals surface area contributed by atoms with Gasteiger partial charge in [0, 0.05) is 17.3 Å². The average Bonchev–Trinajstić information content (AvgIpc) is 3.28. The molecule has 7 heteroatoms. The molecule has 2 amide bonds. The first kappa shape index (κ1) is 22.8. The quantitative estimate of drug-likeness (QED) is 0.377. The first-order valence-electron chi connectivity index (χ1n) is 11.0. The number of para-hydroxylation sites is 1. The highest BCUT2D eigenvalue weighted by atomic mass is 16.5. The molecule has 1 aromatic heterocycles. The third kappa shape index (κ3) is 5.50. The van der Waals surface area contributed by atoms with Crippen LogP contribution in [0.5, 0.6) is 0 Å². The number of nitrogens with two attached hydrogens (primary N) is 1. The van der Waals surface area contributed by atoms with Crippen LogP contribution in [0.25, 0.3) is 16.9 Å². The molecule has 0 aliphatic carbocycles. The Morgan fingerprint density at radius 1 is 0.971 bits per heavy atom. The molecule has 4 aromatic rings. The number of aromatic nitrogens is 2. The fourth-order valence-corrected chi connectivity index (χ4v) is 3.84. The van der Waals surface area contributed by atoms with Crippen LogP contribution in [0.4, 0.5) is 4.79 Å². The van der Waals surface area contributed by atoms with Crippen LogP contribution in [0.3, 0.4) is 0 Å². The van der Waals surface area contributed by atoms with Gasteiger partial charge in [-0.1, -0.05) is 72.8 Å². The second-order valence-electron chi connectivity index (χ2n) is 7.93. The first-order valence-corrected chi connectivity index (χ1v) is 11.0. The van der Waals surface area contributed by atoms with Gasteiger partial charge in [0.2, 0.25) is 0 Å². The number of primary amides is 1. The van der Waals surface area contributed by atoms with E-state index in [1.165, 1.54) is 0 Å². The smallest absolute Gasteiger partial charge is 0.312 e. The van der Waals surface area contributed by atoms with Gasteiger partial charge in [-0.15, -0.1) is 0 Å². The second kappa shape index (κ2) is 10.5. The monoisotopic (exact) mass is 454 g/mol. The highest BCUT2D eigenvalue weighted by Crippen LogP contribution is 2.25. The zero-order chi connectivity index (χ0) is 23.9. The minimum absolute atomic E-state index is 0.0404. The SMILES string of the molecule is Cc1ccccc1C(CC(=O)OCc1cn(-c2ccccc2)nc1-c1ccccc1)NC(N)=O. The van der Waals surface area contributed by atoms with E-state index in [4.69, 9.17) is 15.6 Å². The molecule has 1 atom stereocenters. The predicted molar refractivity (Wildman–Crippen MR) is 130 cm³/mol. The number of rotatable bonds is 8. The fourth-order valence-electron chi connectivity index (χ4n) is 3.84. The number of carbonyl (C=O) groups excluding carboxylic acids is 2. The normalized spacial score (nSPS) is 11.6. The van der Waals surface area contributed by atoms with Gasteiger partial charge >= 0.3 is 12.0 Å². The van der Waals surface area contributed by atoms with Gasteiger partial charge < -0.3 is 15.8 Å². The molecule has 172 valence electrons. The zero-order valence-corrected chi connectivity index (χ0v) is 18.8. The number of carbonyl (C=O) groups is 2. The van der Waals surface area contributed by atoms with E-state index in [9.17, 15) is 9.59 Å². The van der Waals surface area contributed by atoms with Crippen molar-refractivity contribution in [2.75, 3.05) is 0 Å². The van der Waals surface area contributed by atoms with E-state index in [0.29, 0.717) is 0 Å². The van der Waals surface area contributed by atoms with Gasteiger partial charge in [0.05, 0.1) is 23.8 Å². The average molecular weight is 455 g/mol. The molecule has 0 saturated heterocycles. The van der Waals surface area contributed by atoms with Crippen molar-refractivity contribution in [3.05, 3.63) is 108 Å². The van der Waals surface area contributed by atoms with Crippen molar-refractivity contribution in [2.24, 2.45) is 5.73 Å². The van der Waals surface area contributed by atoms with Gasteiger partial charge in [-0.05, 0) is 30.2 Å². The Morgan fingerprint density at radius 3 is 2.29 bits per heavy atom. The van der Waals surface area contributed by atoms with Gasteiger partial charge in [-0.2, -0.15) is 5.10 Å². The van der Waals surface area contributed by atoms with E-state index in [1.807, 2.05) is 98.0 Å². The molecule has 4 rings (SSSR count). The molecule has 0 bridgehead atoms. The van der Waals surface area contributed by atoms with Crippen molar-refractivity contribution < 1.29 is 14.3 Å². The van der Waals surface area contributed by atoms with Crippen LogP contribution >= 0.6 is 0 Å². The molecule has 1 heterocycles. The van der Waals surface area contributed by atoms with Gasteiger partial charge in [0.1, 0.15) is 6.61 Å². The number of urea groups is 1. The molecule has 34 heavy (non-hydrogen) atoms. The van der Waals surface area contributed by atoms with Crippen LogP contribution in [0, 0.1) is 6.92 Å². The molecular formula is C27H26N4O3. The number of ether oxygens (including phenoxy) is 1. The van der Waals surface area contributed by atoms with Crippen LogP contribution in [-0.4, -0.2) is 21.8 Å². The van der Waals surface area contributed by atoms with Crippen LogP contribution in [0.15, 0.2) is 91.1 Å². The molecule has 3 aromatic carbocycles. The Balaban J connectivity index is 1.54. The highest BCUT2D eigenvalue weighted by Gasteiger charge is 2.21. The molecule has 0 fully saturated rings. The number of nitrogens with zero attached hydrogens (tertiary/aromatic N) is 2. The summed E-state index contributed by atoms with van der Waals surface area (Å²) in [6.07, 6.45) is 1.83. The minimum Gasteiger partial charge on any atom is -0.461 e. The predicted octanol–water partition coefficient (Wildman–Crippen LogP) is 4.69. The summed E-state index contributed by atoms with van der Waals surface area (Å²) in [5.41, 5.74) is 10.5. The Kier molecular flexibility index (Phi) is 7.03. The lowest BCUT2D eigenvalue weighted by molar-refractivity contribution is -0.145. The Hall–Kier alpha value is -4.39. The Labute approximate surface area is 198 Å². The lowest BCUT2D eigenvalue weighted by atomic mass is 9.99. The maximum absolute atomic E-state index is 12.8. The number of esters is 1. The minimum atomic E-state index is -0.698. The summed E-state index contributed by atoms with van der Waals surface area (Å²) in [6, 6.07) is 25.7. The van der Waals surface area contributed by atoms with E-state index < -0.39 is 18.0 Å². The van der Waals surface area contributed by atoms with Crippen molar-refractivity contribution in [3.8, 4) is 16.9 Å². The second-order valence-corrected chi connectivity index (χ2v) is 7.93. The zero-order valence-electron chi connectivity index (χ0n) is 18.8. The van der Waals surface area contributed by atoms with Crippen molar-refractivity contribution in [1.82, 2.24) is 15.1 Å². The summed E-state index contributed by atoms with van der Waals surface area (Å²) in [6.45, 7) is 1.97. The third-order valence-corrected chi connectivity index (χ3v) is 5.50. The topological polar surface area (TPSA) is 99.2 Å². The standard InChI is InChI=1S/C27H26N4O3/c1-19-10-8-9-15-23(19)24(29-27(28)33)16-25(32)34-18-21-17-31(22-13-6-3-7-14-22)30-26(21)20-11-4-2-5-12-20/h2-15,17,24H,16,18H2,1H3,(H3,28,29,33). The van der Waals surface area contributed by atoms with Crippen molar-refractivity contribution >= 4 is 12.0 Å². The number of hydrogen-bond acceptors (Lipinski definition) is 4. The van der Waals surface area contributed by atoms with E-state index >= 15 is 0 Å². The summed E-state index contributed by atoms with van der Waals surface area (Å²) in [5.74, 6) is -0.450. The molecule has 3 N–H and O–H groups in total. The van der Waals surface area contributed by atoms with Gasteiger partial charge in [0.15, 0.2) is 0 Å². The molecule has 7 nitrogen and oxygen atoms in total.